The molecule has 0 unspecified atom stereocenters. The molecular weight excluding hydrogens is 424 g/mol. The molecule has 2 heteroatoms. The van der Waals surface area contributed by atoms with Gasteiger partial charge < -0.3 is 4.40 Å². The molecule has 3 aromatic carbocycles. The largest absolute Gasteiger partial charge is 0.307 e. The van der Waals surface area contributed by atoms with Crippen molar-refractivity contribution >= 4 is 49.0 Å². The van der Waals surface area contributed by atoms with Crippen molar-refractivity contribution in [3.8, 4) is 0 Å². The molecule has 0 aliphatic heterocycles. The lowest BCUT2D eigenvalue weighted by atomic mass is 9.93. The van der Waals surface area contributed by atoms with E-state index < -0.39 is 0 Å². The Kier molecular flexibility index (Phi) is 4.50. The third-order valence-electron chi connectivity index (χ3n) is 9.01. The molecule has 0 radical (unpaired) electrons. The molecule has 6 aromatic rings. The van der Waals surface area contributed by atoms with Crippen LogP contribution in [0.3, 0.4) is 0 Å². The van der Waals surface area contributed by atoms with E-state index in [1.165, 1.54) is 103 Å². The Hall–Kier alpha value is -3.13. The number of aryl methyl sites for hydroxylation is 3. The van der Waals surface area contributed by atoms with E-state index in [9.17, 15) is 0 Å². The zero-order valence-corrected chi connectivity index (χ0v) is 21.7. The molecule has 0 atom stereocenters. The van der Waals surface area contributed by atoms with E-state index in [1.54, 1.807) is 0 Å². The number of rotatable bonds is 3. The highest BCUT2D eigenvalue weighted by molar-refractivity contribution is 6.26. The number of pyridine rings is 2. The fourth-order valence-electron chi connectivity index (χ4n) is 7.01. The molecule has 3 aromatic heterocycles. The second-order valence-corrected chi connectivity index (χ2v) is 11.6. The van der Waals surface area contributed by atoms with Crippen LogP contribution in [0, 0.1) is 19.8 Å². The predicted molar refractivity (Wildman–Crippen MR) is 149 cm³/mol. The highest BCUT2D eigenvalue weighted by Gasteiger charge is 2.26. The monoisotopic (exact) mass is 459 g/mol. The molecular formula is C33H35N2+. The molecule has 3 heterocycles. The SMILES string of the molecule is Cc1cc2c3ccc(C(C)C)cc3n3c4cc(CC5CCCC5)cc5cc[n+](C)c(c(c1C)c23)c54. The van der Waals surface area contributed by atoms with Gasteiger partial charge in [0.1, 0.15) is 7.05 Å². The van der Waals surface area contributed by atoms with Crippen LogP contribution in [0.5, 0.6) is 0 Å². The minimum absolute atomic E-state index is 0.510. The molecule has 0 bridgehead atoms. The Morgan fingerprint density at radius 1 is 0.914 bits per heavy atom. The molecule has 35 heavy (non-hydrogen) atoms. The van der Waals surface area contributed by atoms with Gasteiger partial charge in [-0.25, -0.2) is 4.57 Å². The summed E-state index contributed by atoms with van der Waals surface area (Å²) in [4.78, 5) is 0. The number of benzene rings is 3. The van der Waals surface area contributed by atoms with Crippen LogP contribution in [0.1, 0.15) is 67.7 Å². The number of nitrogens with zero attached hydrogens (tertiary/aromatic N) is 2. The van der Waals surface area contributed by atoms with E-state index in [2.05, 4.69) is 92.4 Å². The molecule has 0 N–H and O–H groups in total. The molecule has 0 amide bonds. The average molecular weight is 460 g/mol. The quantitative estimate of drug-likeness (QED) is 0.143. The summed E-state index contributed by atoms with van der Waals surface area (Å²) in [5, 5.41) is 6.95. The van der Waals surface area contributed by atoms with Gasteiger partial charge >= 0.3 is 0 Å². The lowest BCUT2D eigenvalue weighted by molar-refractivity contribution is -0.643. The highest BCUT2D eigenvalue weighted by atomic mass is 15.0. The zero-order chi connectivity index (χ0) is 24.0. The summed E-state index contributed by atoms with van der Waals surface area (Å²) in [6.45, 7) is 9.19. The van der Waals surface area contributed by atoms with Crippen molar-refractivity contribution in [2.45, 2.75) is 65.7 Å². The normalized spacial score (nSPS) is 15.4. The lowest BCUT2D eigenvalue weighted by Gasteiger charge is -2.16. The van der Waals surface area contributed by atoms with Crippen LogP contribution < -0.4 is 4.57 Å². The predicted octanol–water partition coefficient (Wildman–Crippen LogP) is 8.29. The van der Waals surface area contributed by atoms with E-state index in [0.29, 0.717) is 5.92 Å². The highest BCUT2D eigenvalue weighted by Crippen LogP contribution is 2.43. The van der Waals surface area contributed by atoms with Crippen molar-refractivity contribution in [2.24, 2.45) is 13.0 Å². The van der Waals surface area contributed by atoms with Crippen molar-refractivity contribution < 1.29 is 4.57 Å². The molecule has 176 valence electrons. The standard InChI is InChI=1S/C33H35N2/c1-19(2)24-10-11-26-27-14-20(3)21(4)30-32(27)35(28(26)18-24)29-17-23(15-22-8-6-7-9-22)16-25-12-13-34(5)33(30)31(25)29/h10-14,16-19,22H,6-9,15H2,1-5H3/q+1. The first-order chi connectivity index (χ1) is 16.9. The Balaban J connectivity index is 1.73. The Bertz CT molecular complexity index is 1780. The summed E-state index contributed by atoms with van der Waals surface area (Å²) in [7, 11) is 2.22. The first-order valence-electron chi connectivity index (χ1n) is 13.5. The maximum absolute atomic E-state index is 2.62. The Morgan fingerprint density at radius 2 is 1.71 bits per heavy atom. The van der Waals surface area contributed by atoms with E-state index in [1.807, 2.05) is 0 Å². The van der Waals surface area contributed by atoms with Crippen molar-refractivity contribution in [1.29, 1.82) is 0 Å². The van der Waals surface area contributed by atoms with E-state index >= 15 is 0 Å². The van der Waals surface area contributed by atoms with E-state index in [4.69, 9.17) is 0 Å². The first kappa shape index (κ1) is 21.2. The van der Waals surface area contributed by atoms with Crippen molar-refractivity contribution in [2.75, 3.05) is 0 Å². The van der Waals surface area contributed by atoms with Gasteiger partial charge in [-0.1, -0.05) is 57.7 Å². The number of hydrogen-bond donors (Lipinski definition) is 0. The third kappa shape index (κ3) is 2.92. The fourth-order valence-corrected chi connectivity index (χ4v) is 7.01. The topological polar surface area (TPSA) is 8.29 Å². The number of aromatic nitrogens is 2. The zero-order valence-electron chi connectivity index (χ0n) is 21.7. The van der Waals surface area contributed by atoms with Crippen LogP contribution >= 0.6 is 0 Å². The van der Waals surface area contributed by atoms with Gasteiger partial charge in [0, 0.05) is 16.8 Å². The van der Waals surface area contributed by atoms with E-state index in [-0.39, 0.29) is 0 Å². The average Bonchev–Trinajstić information content (AvgIpc) is 3.46. The summed E-state index contributed by atoms with van der Waals surface area (Å²) < 4.78 is 4.97. The minimum atomic E-state index is 0.510. The molecule has 7 rings (SSSR count). The van der Waals surface area contributed by atoms with Crippen LogP contribution in [0.2, 0.25) is 0 Å². The lowest BCUT2D eigenvalue weighted by Crippen LogP contribution is -2.29. The summed E-state index contributed by atoms with van der Waals surface area (Å²) in [6.07, 6.45) is 9.05. The van der Waals surface area contributed by atoms with Gasteiger partial charge in [0.25, 0.3) is 0 Å². The number of fused-ring (bicyclic) bond motifs is 5. The molecule has 0 spiro atoms. The van der Waals surface area contributed by atoms with Crippen LogP contribution in [0.15, 0.2) is 48.7 Å². The first-order valence-corrected chi connectivity index (χ1v) is 13.5. The molecule has 1 aliphatic rings. The third-order valence-corrected chi connectivity index (χ3v) is 9.01. The molecule has 1 aliphatic carbocycles. The van der Waals surface area contributed by atoms with Gasteiger partial charge in [0.05, 0.1) is 27.3 Å². The minimum Gasteiger partial charge on any atom is -0.307 e. The van der Waals surface area contributed by atoms with Gasteiger partial charge in [-0.2, -0.15) is 0 Å². The van der Waals surface area contributed by atoms with Crippen LogP contribution in [-0.2, 0) is 13.5 Å². The second kappa shape index (κ2) is 7.43. The van der Waals surface area contributed by atoms with Gasteiger partial charge in [0.2, 0.25) is 5.52 Å². The van der Waals surface area contributed by atoms with Crippen molar-refractivity contribution in [3.05, 3.63) is 70.9 Å². The van der Waals surface area contributed by atoms with E-state index in [0.717, 1.165) is 5.92 Å². The summed E-state index contributed by atoms with van der Waals surface area (Å²) in [6, 6.07) is 16.9. The smallest absolute Gasteiger partial charge is 0.224 e. The summed E-state index contributed by atoms with van der Waals surface area (Å²) >= 11 is 0. The molecule has 1 fully saturated rings. The molecule has 0 saturated heterocycles. The Morgan fingerprint density at radius 3 is 2.49 bits per heavy atom. The number of hydrogen-bond acceptors (Lipinski definition) is 0. The molecule has 1 saturated carbocycles. The van der Waals surface area contributed by atoms with Crippen molar-refractivity contribution in [3.63, 3.8) is 0 Å². The maximum Gasteiger partial charge on any atom is 0.224 e. The molecule has 2 nitrogen and oxygen atoms in total. The van der Waals surface area contributed by atoms with Gasteiger partial charge in [-0.05, 0) is 77.9 Å². The van der Waals surface area contributed by atoms with Crippen molar-refractivity contribution in [1.82, 2.24) is 4.40 Å². The second-order valence-electron chi connectivity index (χ2n) is 11.6. The summed E-state index contributed by atoms with van der Waals surface area (Å²) in [5.74, 6) is 1.35. The van der Waals surface area contributed by atoms with Gasteiger partial charge in [0.15, 0.2) is 6.20 Å². The Labute approximate surface area is 207 Å². The fraction of sp³-hybridized carbons (Fsp3) is 0.364. The van der Waals surface area contributed by atoms with Gasteiger partial charge in [-0.15, -0.1) is 0 Å². The maximum atomic E-state index is 2.62. The van der Waals surface area contributed by atoms with Crippen LogP contribution in [0.25, 0.3) is 49.0 Å². The summed E-state index contributed by atoms with van der Waals surface area (Å²) in [5.41, 5.74) is 11.2. The van der Waals surface area contributed by atoms with Gasteiger partial charge in [-0.3, -0.25) is 0 Å². The van der Waals surface area contributed by atoms with Crippen LogP contribution in [0.4, 0.5) is 0 Å². The van der Waals surface area contributed by atoms with Crippen LogP contribution in [-0.4, -0.2) is 4.40 Å².